The van der Waals surface area contributed by atoms with Gasteiger partial charge in [0.25, 0.3) is 0 Å². The second kappa shape index (κ2) is 3.62. The lowest BCUT2D eigenvalue weighted by molar-refractivity contribution is 0.234. The van der Waals surface area contributed by atoms with E-state index >= 15 is 0 Å². The molecule has 1 aromatic rings. The minimum Gasteiger partial charge on any atom is -0.396 e. The van der Waals surface area contributed by atoms with Gasteiger partial charge in [0, 0.05) is 6.20 Å². The van der Waals surface area contributed by atoms with Gasteiger partial charge in [-0.2, -0.15) is 0 Å². The van der Waals surface area contributed by atoms with Gasteiger partial charge in [0.15, 0.2) is 0 Å². The molecular formula is C9H15N3O. The summed E-state index contributed by atoms with van der Waals surface area (Å²) in [7, 11) is 0. The first-order valence-corrected chi connectivity index (χ1v) is 4.15. The Kier molecular flexibility index (Phi) is 2.72. The molecule has 13 heavy (non-hydrogen) atoms. The molecule has 0 aliphatic rings. The molecule has 4 N–H and O–H groups in total. The average molecular weight is 181 g/mol. The minimum absolute atomic E-state index is 0.0308. The highest BCUT2D eigenvalue weighted by molar-refractivity contribution is 5.61. The number of nitrogen functional groups attached to an aromatic ring is 1. The topological polar surface area (TPSA) is 71.2 Å². The third-order valence-electron chi connectivity index (χ3n) is 1.69. The Morgan fingerprint density at radius 2 is 2.31 bits per heavy atom. The van der Waals surface area contributed by atoms with Gasteiger partial charge < -0.3 is 16.2 Å². The highest BCUT2D eigenvalue weighted by Crippen LogP contribution is 2.17. The van der Waals surface area contributed by atoms with Crippen molar-refractivity contribution < 1.29 is 5.11 Å². The summed E-state index contributed by atoms with van der Waals surface area (Å²) in [5, 5.41) is 12.1. The lowest BCUT2D eigenvalue weighted by Gasteiger charge is -2.24. The van der Waals surface area contributed by atoms with Crippen LogP contribution < -0.4 is 11.1 Å². The van der Waals surface area contributed by atoms with Crippen LogP contribution in [0, 0.1) is 0 Å². The van der Waals surface area contributed by atoms with Crippen LogP contribution in [-0.4, -0.2) is 22.2 Å². The number of hydrogen-bond donors (Lipinski definition) is 3. The lowest BCUT2D eigenvalue weighted by atomic mass is 10.1. The van der Waals surface area contributed by atoms with Gasteiger partial charge in [-0.15, -0.1) is 0 Å². The zero-order valence-corrected chi connectivity index (χ0v) is 7.91. The lowest BCUT2D eigenvalue weighted by Crippen LogP contribution is -2.35. The molecule has 0 fully saturated rings. The maximum absolute atomic E-state index is 9.02. The normalized spacial score (nSPS) is 11.3. The van der Waals surface area contributed by atoms with Crippen LogP contribution in [0.1, 0.15) is 13.8 Å². The maximum Gasteiger partial charge on any atom is 0.149 e. The summed E-state index contributed by atoms with van der Waals surface area (Å²) in [6.45, 7) is 3.78. The fraction of sp³-hybridized carbons (Fsp3) is 0.444. The summed E-state index contributed by atoms with van der Waals surface area (Å²) in [5.74, 6) is 0.613. The SMILES string of the molecule is CC(C)(CO)Nc1ncccc1N. The quantitative estimate of drug-likeness (QED) is 0.646. The van der Waals surface area contributed by atoms with Crippen molar-refractivity contribution in [3.05, 3.63) is 18.3 Å². The van der Waals surface area contributed by atoms with Crippen LogP contribution in [0.2, 0.25) is 0 Å². The van der Waals surface area contributed by atoms with E-state index in [1.807, 2.05) is 13.8 Å². The summed E-state index contributed by atoms with van der Waals surface area (Å²) in [5.41, 5.74) is 5.86. The van der Waals surface area contributed by atoms with Crippen LogP contribution in [0.4, 0.5) is 11.5 Å². The van der Waals surface area contributed by atoms with E-state index in [0.717, 1.165) is 0 Å². The molecule has 1 rings (SSSR count). The van der Waals surface area contributed by atoms with Crippen molar-refractivity contribution in [2.24, 2.45) is 0 Å². The Balaban J connectivity index is 2.80. The van der Waals surface area contributed by atoms with Crippen molar-refractivity contribution in [1.29, 1.82) is 0 Å². The average Bonchev–Trinajstić information content (AvgIpc) is 2.09. The van der Waals surface area contributed by atoms with Gasteiger partial charge >= 0.3 is 0 Å². The summed E-state index contributed by atoms with van der Waals surface area (Å²) in [6, 6.07) is 3.54. The maximum atomic E-state index is 9.02. The Hall–Kier alpha value is -1.29. The molecule has 0 saturated carbocycles. The summed E-state index contributed by atoms with van der Waals surface area (Å²) in [6.07, 6.45) is 1.66. The van der Waals surface area contributed by atoms with Gasteiger partial charge in [0.2, 0.25) is 0 Å². The molecule has 0 aliphatic heterocycles. The van der Waals surface area contributed by atoms with Gasteiger partial charge in [0.1, 0.15) is 5.82 Å². The molecule has 0 bridgehead atoms. The standard InChI is InChI=1S/C9H15N3O/c1-9(2,6-13)12-8-7(10)4-3-5-11-8/h3-5,13H,6,10H2,1-2H3,(H,11,12). The fourth-order valence-corrected chi connectivity index (χ4v) is 0.882. The second-order valence-electron chi connectivity index (χ2n) is 3.61. The first kappa shape index (κ1) is 9.80. The van der Waals surface area contributed by atoms with Crippen molar-refractivity contribution in [1.82, 2.24) is 4.98 Å². The van der Waals surface area contributed by atoms with Gasteiger partial charge in [0.05, 0.1) is 17.8 Å². The summed E-state index contributed by atoms with van der Waals surface area (Å²) in [4.78, 5) is 4.06. The zero-order chi connectivity index (χ0) is 9.90. The third kappa shape index (κ3) is 2.59. The molecule has 0 amide bonds. The predicted octanol–water partition coefficient (Wildman–Crippen LogP) is 0.847. The smallest absolute Gasteiger partial charge is 0.149 e. The minimum atomic E-state index is -0.400. The van der Waals surface area contributed by atoms with E-state index in [1.165, 1.54) is 0 Å². The largest absolute Gasteiger partial charge is 0.396 e. The number of pyridine rings is 1. The molecule has 0 atom stereocenters. The van der Waals surface area contributed by atoms with Crippen LogP contribution in [-0.2, 0) is 0 Å². The number of aliphatic hydroxyl groups is 1. The van der Waals surface area contributed by atoms with E-state index in [0.29, 0.717) is 11.5 Å². The Bertz CT molecular complexity index is 286. The summed E-state index contributed by atoms with van der Waals surface area (Å²) >= 11 is 0. The van der Waals surface area contributed by atoms with Gasteiger partial charge in [-0.3, -0.25) is 0 Å². The number of nitrogens with one attached hydrogen (secondary N) is 1. The molecule has 0 unspecified atom stereocenters. The highest BCUT2D eigenvalue weighted by atomic mass is 16.3. The van der Waals surface area contributed by atoms with E-state index in [1.54, 1.807) is 18.3 Å². The number of anilines is 2. The van der Waals surface area contributed by atoms with Crippen molar-refractivity contribution in [3.8, 4) is 0 Å². The Labute approximate surface area is 77.8 Å². The van der Waals surface area contributed by atoms with E-state index < -0.39 is 5.54 Å². The number of rotatable bonds is 3. The van der Waals surface area contributed by atoms with E-state index in [4.69, 9.17) is 10.8 Å². The van der Waals surface area contributed by atoms with Crippen molar-refractivity contribution >= 4 is 11.5 Å². The van der Waals surface area contributed by atoms with E-state index in [2.05, 4.69) is 10.3 Å². The molecule has 0 spiro atoms. The monoisotopic (exact) mass is 181 g/mol. The molecule has 72 valence electrons. The van der Waals surface area contributed by atoms with Crippen LogP contribution in [0.25, 0.3) is 0 Å². The van der Waals surface area contributed by atoms with Gasteiger partial charge in [-0.25, -0.2) is 4.98 Å². The van der Waals surface area contributed by atoms with Crippen molar-refractivity contribution in [2.75, 3.05) is 17.7 Å². The molecule has 1 heterocycles. The van der Waals surface area contributed by atoms with Crippen LogP contribution in [0.5, 0.6) is 0 Å². The molecule has 0 saturated heterocycles. The van der Waals surface area contributed by atoms with Crippen LogP contribution >= 0.6 is 0 Å². The molecule has 0 aliphatic carbocycles. The second-order valence-corrected chi connectivity index (χ2v) is 3.61. The summed E-state index contributed by atoms with van der Waals surface area (Å²) < 4.78 is 0. The molecule has 0 radical (unpaired) electrons. The predicted molar refractivity (Wildman–Crippen MR) is 53.4 cm³/mol. The van der Waals surface area contributed by atoms with Crippen molar-refractivity contribution in [2.45, 2.75) is 19.4 Å². The molecule has 4 nitrogen and oxygen atoms in total. The fourth-order valence-electron chi connectivity index (χ4n) is 0.882. The van der Waals surface area contributed by atoms with Gasteiger partial charge in [-0.1, -0.05) is 0 Å². The van der Waals surface area contributed by atoms with Crippen LogP contribution in [0.3, 0.4) is 0 Å². The number of nitrogens with two attached hydrogens (primary N) is 1. The Morgan fingerprint density at radius 1 is 1.62 bits per heavy atom. The molecule has 4 heteroatoms. The zero-order valence-electron chi connectivity index (χ0n) is 7.91. The van der Waals surface area contributed by atoms with E-state index in [-0.39, 0.29) is 6.61 Å². The number of nitrogens with zero attached hydrogens (tertiary/aromatic N) is 1. The Morgan fingerprint density at radius 3 is 2.85 bits per heavy atom. The van der Waals surface area contributed by atoms with Crippen LogP contribution in [0.15, 0.2) is 18.3 Å². The number of hydrogen-bond acceptors (Lipinski definition) is 4. The first-order chi connectivity index (χ1) is 6.05. The molecular weight excluding hydrogens is 166 g/mol. The third-order valence-corrected chi connectivity index (χ3v) is 1.69. The molecule has 1 aromatic heterocycles. The number of aromatic nitrogens is 1. The highest BCUT2D eigenvalue weighted by Gasteiger charge is 2.17. The van der Waals surface area contributed by atoms with E-state index in [9.17, 15) is 0 Å². The van der Waals surface area contributed by atoms with Crippen molar-refractivity contribution in [3.63, 3.8) is 0 Å². The molecule has 0 aromatic carbocycles. The number of aliphatic hydroxyl groups excluding tert-OH is 1. The first-order valence-electron chi connectivity index (χ1n) is 4.15. The van der Waals surface area contributed by atoms with Gasteiger partial charge in [-0.05, 0) is 26.0 Å².